The number of ether oxygens (including phenoxy) is 2. The molecule has 1 N–H and O–H groups in total. The third-order valence-electron chi connectivity index (χ3n) is 11.0. The van der Waals surface area contributed by atoms with Crippen LogP contribution in [0.15, 0.2) is 78.9 Å². The molecular formula is C39H46NO6P. The first-order valence-corrected chi connectivity index (χ1v) is 19.3. The van der Waals surface area contributed by atoms with Gasteiger partial charge in [0.05, 0.1) is 18.6 Å². The molecule has 3 aromatic carbocycles. The zero-order chi connectivity index (χ0) is 32.5. The van der Waals surface area contributed by atoms with E-state index < -0.39 is 31.1 Å². The monoisotopic (exact) mass is 655 g/mol. The third-order valence-corrected chi connectivity index (χ3v) is 14.0. The molecule has 3 atom stereocenters. The van der Waals surface area contributed by atoms with E-state index in [0.29, 0.717) is 18.3 Å². The zero-order valence-corrected chi connectivity index (χ0v) is 28.3. The molecule has 4 bridgehead atoms. The smallest absolute Gasteiger partial charge is 0.407 e. The molecule has 4 fully saturated rings. The highest BCUT2D eigenvalue weighted by Crippen LogP contribution is 2.62. The third kappa shape index (κ3) is 6.67. The number of esters is 1. The molecule has 0 saturated heterocycles. The van der Waals surface area contributed by atoms with Gasteiger partial charge in [-0.2, -0.15) is 0 Å². The average molecular weight is 656 g/mol. The van der Waals surface area contributed by atoms with Crippen molar-refractivity contribution < 1.29 is 28.2 Å². The van der Waals surface area contributed by atoms with Gasteiger partial charge in [0.2, 0.25) is 7.37 Å². The summed E-state index contributed by atoms with van der Waals surface area (Å²) < 4.78 is 33.6. The van der Waals surface area contributed by atoms with Crippen LogP contribution in [0.25, 0.3) is 11.1 Å². The summed E-state index contributed by atoms with van der Waals surface area (Å²) in [6.07, 6.45) is 5.25. The molecule has 8 rings (SSSR count). The van der Waals surface area contributed by atoms with Crippen molar-refractivity contribution >= 4 is 19.4 Å². The number of amides is 1. The molecule has 7 nitrogen and oxygen atoms in total. The first-order chi connectivity index (χ1) is 22.8. The summed E-state index contributed by atoms with van der Waals surface area (Å²) in [4.78, 5) is 26.6. The lowest BCUT2D eigenvalue weighted by Crippen LogP contribution is -2.50. The van der Waals surface area contributed by atoms with Crippen molar-refractivity contribution in [2.75, 3.05) is 19.4 Å². The van der Waals surface area contributed by atoms with Crippen molar-refractivity contribution in [3.05, 3.63) is 95.6 Å². The van der Waals surface area contributed by atoms with Gasteiger partial charge in [0.25, 0.3) is 0 Å². The van der Waals surface area contributed by atoms with Crippen LogP contribution in [-0.2, 0) is 29.8 Å². The first kappa shape index (κ1) is 32.2. The quantitative estimate of drug-likeness (QED) is 0.156. The van der Waals surface area contributed by atoms with Gasteiger partial charge < -0.3 is 19.3 Å². The molecule has 4 saturated carbocycles. The van der Waals surface area contributed by atoms with E-state index in [9.17, 15) is 9.59 Å². The van der Waals surface area contributed by atoms with Crippen molar-refractivity contribution in [2.24, 2.45) is 29.6 Å². The predicted molar refractivity (Wildman–Crippen MR) is 182 cm³/mol. The standard InChI is InChI=1S/C39H46NO6P/c1-3-44-38(41)25(2)24-47(43,46-37-29-18-27-17-28(20-29)21-30(37)19-27)36(22-26-11-5-4-6-12-26)40-39(42)45-23-35-33-15-9-7-13-31(33)32-14-8-10-16-34(32)35/h4-16,25,27-30,35-37H,3,17-24H2,1-2H3,(H,40,42)/t25-,27?,28?,29?,30?,36+,37?,47?/m0/s1. The molecule has 5 aliphatic rings. The zero-order valence-electron chi connectivity index (χ0n) is 27.4. The lowest BCUT2D eigenvalue weighted by atomic mass is 9.55. The largest absolute Gasteiger partial charge is 0.466 e. The fourth-order valence-corrected chi connectivity index (χ4v) is 12.1. The van der Waals surface area contributed by atoms with Crippen LogP contribution in [0.4, 0.5) is 4.79 Å². The number of carbonyl (C=O) groups excluding carboxylic acids is 2. The molecule has 47 heavy (non-hydrogen) atoms. The topological polar surface area (TPSA) is 90.9 Å². The minimum atomic E-state index is -3.68. The highest BCUT2D eigenvalue weighted by Gasteiger charge is 2.52. The van der Waals surface area contributed by atoms with E-state index in [-0.39, 0.29) is 31.4 Å². The first-order valence-electron chi connectivity index (χ1n) is 17.4. The van der Waals surface area contributed by atoms with E-state index in [2.05, 4.69) is 29.6 Å². The van der Waals surface area contributed by atoms with E-state index >= 15 is 4.57 Å². The van der Waals surface area contributed by atoms with E-state index in [1.807, 2.05) is 54.6 Å². The van der Waals surface area contributed by atoms with Crippen molar-refractivity contribution in [3.63, 3.8) is 0 Å². The number of hydrogen-bond donors (Lipinski definition) is 1. The summed E-state index contributed by atoms with van der Waals surface area (Å²) in [6, 6.07) is 26.2. The molecule has 5 aliphatic carbocycles. The Labute approximate surface area is 278 Å². The van der Waals surface area contributed by atoms with Crippen LogP contribution in [0.3, 0.4) is 0 Å². The van der Waals surface area contributed by atoms with Crippen molar-refractivity contribution in [1.82, 2.24) is 5.32 Å². The Balaban J connectivity index is 1.15. The summed E-state index contributed by atoms with van der Waals surface area (Å²) in [7, 11) is -3.68. The summed E-state index contributed by atoms with van der Waals surface area (Å²) in [5.74, 6) is 0.175. The van der Waals surface area contributed by atoms with Gasteiger partial charge in [0, 0.05) is 18.5 Å². The number of hydrogen-bond acceptors (Lipinski definition) is 6. The van der Waals surface area contributed by atoms with E-state index in [1.165, 1.54) is 6.42 Å². The van der Waals surface area contributed by atoms with Crippen LogP contribution in [0.1, 0.15) is 68.6 Å². The second-order valence-corrected chi connectivity index (χ2v) is 16.9. The number of alkyl carbamates (subject to hydrolysis) is 1. The maximum Gasteiger partial charge on any atom is 0.407 e. The molecule has 1 unspecified atom stereocenters. The van der Waals surface area contributed by atoms with Crippen LogP contribution in [-0.4, -0.2) is 43.3 Å². The fraction of sp³-hybridized carbons (Fsp3) is 0.487. The van der Waals surface area contributed by atoms with Gasteiger partial charge >= 0.3 is 12.1 Å². The molecular weight excluding hydrogens is 609 g/mol. The van der Waals surface area contributed by atoms with Crippen molar-refractivity contribution in [1.29, 1.82) is 0 Å². The van der Waals surface area contributed by atoms with E-state index in [1.54, 1.807) is 13.8 Å². The van der Waals surface area contributed by atoms with Gasteiger partial charge in [-0.1, -0.05) is 85.8 Å². The fourth-order valence-electron chi connectivity index (χ4n) is 9.14. The normalized spacial score (nSPS) is 26.5. The van der Waals surface area contributed by atoms with Crippen molar-refractivity contribution in [3.8, 4) is 11.1 Å². The number of fused-ring (bicyclic) bond motifs is 3. The van der Waals surface area contributed by atoms with Gasteiger partial charge in [0.15, 0.2) is 0 Å². The van der Waals surface area contributed by atoms with Crippen LogP contribution in [0, 0.1) is 29.6 Å². The van der Waals surface area contributed by atoms with Crippen molar-refractivity contribution in [2.45, 2.75) is 70.2 Å². The SMILES string of the molecule is CCOC(=O)[C@@H](C)CP(=O)(OC1C2CC3CC(C2)CC1C3)[C@H](Cc1ccccc1)NC(=O)OCC1c2ccccc2-c2ccccc21. The van der Waals surface area contributed by atoms with Crippen LogP contribution in [0.5, 0.6) is 0 Å². The molecule has 3 aromatic rings. The molecule has 0 spiro atoms. The van der Waals surface area contributed by atoms with E-state index in [4.69, 9.17) is 14.0 Å². The summed E-state index contributed by atoms with van der Waals surface area (Å²) in [6.45, 7) is 3.91. The highest BCUT2D eigenvalue weighted by atomic mass is 31.2. The highest BCUT2D eigenvalue weighted by molar-refractivity contribution is 7.59. The Morgan fingerprint density at radius 3 is 1.98 bits per heavy atom. The molecule has 1 amide bonds. The van der Waals surface area contributed by atoms with Gasteiger partial charge in [-0.05, 0) is 90.5 Å². The predicted octanol–water partition coefficient (Wildman–Crippen LogP) is 8.41. The lowest BCUT2D eigenvalue weighted by Gasteiger charge is -2.54. The number of carbonyl (C=O) groups is 2. The van der Waals surface area contributed by atoms with Crippen LogP contribution < -0.4 is 5.32 Å². The van der Waals surface area contributed by atoms with Crippen LogP contribution >= 0.6 is 7.37 Å². The average Bonchev–Trinajstić information content (AvgIpc) is 3.39. The second-order valence-electron chi connectivity index (χ2n) is 14.2. The van der Waals surface area contributed by atoms with Gasteiger partial charge in [0.1, 0.15) is 12.4 Å². The molecule has 8 heteroatoms. The van der Waals surface area contributed by atoms with Crippen LogP contribution in [0.2, 0.25) is 0 Å². The molecule has 0 aromatic heterocycles. The summed E-state index contributed by atoms with van der Waals surface area (Å²) in [5, 5.41) is 3.03. The number of benzene rings is 3. The van der Waals surface area contributed by atoms with Gasteiger partial charge in [-0.15, -0.1) is 0 Å². The number of nitrogens with one attached hydrogen (secondary N) is 1. The number of rotatable bonds is 12. The Bertz CT molecular complexity index is 1570. The molecule has 248 valence electrons. The Morgan fingerprint density at radius 1 is 0.809 bits per heavy atom. The minimum absolute atomic E-state index is 0.00418. The second kappa shape index (κ2) is 13.6. The Morgan fingerprint density at radius 2 is 1.38 bits per heavy atom. The van der Waals surface area contributed by atoms with E-state index in [0.717, 1.165) is 65.3 Å². The van der Waals surface area contributed by atoms with Gasteiger partial charge in [-0.3, -0.25) is 9.36 Å². The maximum absolute atomic E-state index is 15.5. The molecule has 0 radical (unpaired) electrons. The lowest BCUT2D eigenvalue weighted by molar-refractivity contribution is -0.146. The summed E-state index contributed by atoms with van der Waals surface area (Å²) >= 11 is 0. The molecule has 0 heterocycles. The maximum atomic E-state index is 15.5. The Kier molecular flexibility index (Phi) is 9.31. The van der Waals surface area contributed by atoms with Gasteiger partial charge in [-0.25, -0.2) is 4.79 Å². The Hall–Kier alpha value is -3.41. The summed E-state index contributed by atoms with van der Waals surface area (Å²) in [5.41, 5.74) is 5.48. The minimum Gasteiger partial charge on any atom is -0.466 e. The molecule has 0 aliphatic heterocycles.